The molecule has 82 heavy (non-hydrogen) atoms. The van der Waals surface area contributed by atoms with Gasteiger partial charge in [0.15, 0.2) is 31.5 Å². The molecule has 6 heterocycles. The SMILES string of the molecule is CC(=O)N[C@@H]1[C@@H](O[C@@H]2O[C@H](CO)[C@H](O)[C@H](O[C@]3(C(=O)O)C[C@H](O)[C@@H](NC(C)=O)[C@H]([C@H](O)[C@H](O)CO)O3)[C@H]2O)[C@@H](O)[C@@H](CO[C@@H]2O[C@H](CO)[C@@H](O[C@@H]3O[C@H](CO)[C@H](O)[C@H](O[C@@H]4O[C@H](CO)[C@H](O)[C@H](O)[C@H]4O)[C@H]3O)[C@H](O)[C@H]2NC(C)=O)O[C@@H]1O. The molecule has 0 spiro atoms. The number of aliphatic carboxylic acids is 1. The van der Waals surface area contributed by atoms with Crippen molar-refractivity contribution in [3.8, 4) is 0 Å². The fourth-order valence-electron chi connectivity index (χ4n) is 10.3. The third-order valence-corrected chi connectivity index (χ3v) is 14.6. The van der Waals surface area contributed by atoms with Gasteiger partial charge in [0, 0.05) is 27.2 Å². The normalized spacial score (nSPS) is 46.3. The summed E-state index contributed by atoms with van der Waals surface area (Å²) in [6.07, 6.45) is -55.3. The van der Waals surface area contributed by atoms with E-state index in [4.69, 9.17) is 52.1 Å². The van der Waals surface area contributed by atoms with Crippen molar-refractivity contribution < 1.29 is 168 Å². The van der Waals surface area contributed by atoms with Crippen molar-refractivity contribution in [2.24, 2.45) is 0 Å². The Morgan fingerprint density at radius 2 is 0.951 bits per heavy atom. The molecule has 0 aromatic carbocycles. The topological polar surface area (TPSA) is 590 Å². The number of rotatable bonds is 22. The van der Waals surface area contributed by atoms with Crippen LogP contribution < -0.4 is 16.0 Å². The smallest absolute Gasteiger partial charge is 0.364 e. The molecule has 37 nitrogen and oxygen atoms in total. The number of carboxylic acid groups (broad SMARTS) is 1. The second-order valence-corrected chi connectivity index (χ2v) is 20.4. The first-order chi connectivity index (χ1) is 38.6. The Balaban J connectivity index is 1.21. The first-order valence-corrected chi connectivity index (χ1v) is 25.7. The van der Waals surface area contributed by atoms with E-state index in [0.717, 1.165) is 20.8 Å². The predicted octanol–water partition coefficient (Wildman–Crippen LogP) is -14.5. The van der Waals surface area contributed by atoms with E-state index >= 15 is 0 Å². The Hall–Kier alpha value is -3.28. The van der Waals surface area contributed by atoms with Gasteiger partial charge in [-0.1, -0.05) is 0 Å². The van der Waals surface area contributed by atoms with Gasteiger partial charge in [-0.05, 0) is 0 Å². The van der Waals surface area contributed by atoms with E-state index in [1.807, 2.05) is 0 Å². The lowest BCUT2D eigenvalue weighted by Crippen LogP contribution is -2.71. The minimum Gasteiger partial charge on any atom is -0.477 e. The van der Waals surface area contributed by atoms with Crippen LogP contribution in [0.2, 0.25) is 0 Å². The second-order valence-electron chi connectivity index (χ2n) is 20.4. The van der Waals surface area contributed by atoms with Gasteiger partial charge in [0.05, 0.1) is 51.8 Å². The summed E-state index contributed by atoms with van der Waals surface area (Å²) in [5.41, 5.74) is 0. The second kappa shape index (κ2) is 28.9. The van der Waals surface area contributed by atoms with Crippen LogP contribution in [-0.4, -0.2) is 350 Å². The van der Waals surface area contributed by atoms with E-state index < -0.39 is 259 Å². The fourth-order valence-corrected chi connectivity index (χ4v) is 10.3. The summed E-state index contributed by atoms with van der Waals surface area (Å²) in [6.45, 7) is -3.18. The summed E-state index contributed by atoms with van der Waals surface area (Å²) in [5.74, 6) is -7.85. The van der Waals surface area contributed by atoms with Crippen LogP contribution in [0.1, 0.15) is 27.2 Å². The molecule has 0 radical (unpaired) electrons. The van der Waals surface area contributed by atoms with Crippen molar-refractivity contribution in [1.82, 2.24) is 16.0 Å². The number of ether oxygens (including phenoxy) is 11. The van der Waals surface area contributed by atoms with Gasteiger partial charge in [0.25, 0.3) is 5.79 Å². The Morgan fingerprint density at radius 1 is 0.500 bits per heavy atom. The zero-order chi connectivity index (χ0) is 61.0. The molecule has 6 aliphatic rings. The van der Waals surface area contributed by atoms with Crippen LogP contribution in [0.25, 0.3) is 0 Å². The number of carbonyl (C=O) groups excluding carboxylic acids is 3. The molecular formula is C45H75N3O34. The van der Waals surface area contributed by atoms with Crippen molar-refractivity contribution >= 4 is 23.7 Å². The molecule has 0 unspecified atom stereocenters. The van der Waals surface area contributed by atoms with E-state index in [-0.39, 0.29) is 0 Å². The summed E-state index contributed by atoms with van der Waals surface area (Å²) in [6, 6.07) is -5.22. The maximum Gasteiger partial charge on any atom is 0.364 e. The van der Waals surface area contributed by atoms with Gasteiger partial charge < -0.3 is 165 Å². The highest BCUT2D eigenvalue weighted by Crippen LogP contribution is 2.39. The van der Waals surface area contributed by atoms with Gasteiger partial charge in [0.2, 0.25) is 17.7 Å². The molecule has 22 N–H and O–H groups in total. The van der Waals surface area contributed by atoms with Gasteiger partial charge in [0.1, 0.15) is 140 Å². The molecule has 0 aromatic heterocycles. The number of carbonyl (C=O) groups is 4. The number of carboxylic acids is 1. The van der Waals surface area contributed by atoms with Crippen LogP contribution in [0.4, 0.5) is 0 Å². The molecular weight excluding hydrogens is 1130 g/mol. The molecule has 0 aromatic rings. The van der Waals surface area contributed by atoms with Crippen LogP contribution >= 0.6 is 0 Å². The number of aliphatic hydroxyl groups is 18. The lowest BCUT2D eigenvalue weighted by molar-refractivity contribution is -0.382. The van der Waals surface area contributed by atoms with Crippen molar-refractivity contribution in [1.29, 1.82) is 0 Å². The number of nitrogens with one attached hydrogen (secondary N) is 3. The van der Waals surface area contributed by atoms with Crippen molar-refractivity contribution in [3.05, 3.63) is 0 Å². The first kappa shape index (κ1) is 67.8. The van der Waals surface area contributed by atoms with Gasteiger partial charge in [-0.25, -0.2) is 4.79 Å². The molecule has 474 valence electrons. The quantitative estimate of drug-likeness (QED) is 0.0479. The minimum atomic E-state index is -3.21. The molecule has 6 saturated heterocycles. The Bertz CT molecular complexity index is 2090. The van der Waals surface area contributed by atoms with E-state index in [2.05, 4.69) is 16.0 Å². The molecule has 6 aliphatic heterocycles. The zero-order valence-corrected chi connectivity index (χ0v) is 43.9. The molecule has 37 heteroatoms. The Labute approximate surface area is 463 Å². The summed E-state index contributed by atoms with van der Waals surface area (Å²) in [7, 11) is 0. The van der Waals surface area contributed by atoms with E-state index in [9.17, 15) is 116 Å². The van der Waals surface area contributed by atoms with Gasteiger partial charge >= 0.3 is 5.97 Å². The summed E-state index contributed by atoms with van der Waals surface area (Å²) < 4.78 is 62.5. The summed E-state index contributed by atoms with van der Waals surface area (Å²) >= 11 is 0. The first-order valence-electron chi connectivity index (χ1n) is 25.7. The predicted molar refractivity (Wildman–Crippen MR) is 251 cm³/mol. The van der Waals surface area contributed by atoms with Gasteiger partial charge in [-0.15, -0.1) is 0 Å². The molecule has 0 saturated carbocycles. The molecule has 3 amide bonds. The van der Waals surface area contributed by atoms with E-state index in [0.29, 0.717) is 0 Å². The zero-order valence-electron chi connectivity index (χ0n) is 43.9. The third-order valence-electron chi connectivity index (χ3n) is 14.6. The fraction of sp³-hybridized carbons (Fsp3) is 0.911. The minimum absolute atomic E-state index is 0.830. The number of amides is 3. The van der Waals surface area contributed by atoms with Crippen LogP contribution in [-0.2, 0) is 71.3 Å². The lowest BCUT2D eigenvalue weighted by Gasteiger charge is -2.51. The Morgan fingerprint density at radius 3 is 1.48 bits per heavy atom. The molecule has 6 rings (SSSR count). The largest absolute Gasteiger partial charge is 0.477 e. The van der Waals surface area contributed by atoms with Crippen LogP contribution in [0, 0.1) is 0 Å². The average molecular weight is 1200 g/mol. The number of hydrogen-bond acceptors (Lipinski definition) is 33. The molecule has 0 aliphatic carbocycles. The highest BCUT2D eigenvalue weighted by molar-refractivity contribution is 5.77. The third kappa shape index (κ3) is 14.7. The molecule has 0 bridgehead atoms. The Kier molecular flexibility index (Phi) is 23.9. The van der Waals surface area contributed by atoms with Crippen LogP contribution in [0.3, 0.4) is 0 Å². The summed E-state index contributed by atoms with van der Waals surface area (Å²) in [5, 5.41) is 211. The van der Waals surface area contributed by atoms with Crippen LogP contribution in [0.5, 0.6) is 0 Å². The maximum absolute atomic E-state index is 13.0. The number of hydrogen-bond donors (Lipinski definition) is 22. The van der Waals surface area contributed by atoms with Gasteiger partial charge in [-0.3, -0.25) is 14.4 Å². The van der Waals surface area contributed by atoms with Crippen molar-refractivity contribution in [3.63, 3.8) is 0 Å². The monoisotopic (exact) mass is 1200 g/mol. The van der Waals surface area contributed by atoms with E-state index in [1.54, 1.807) is 0 Å². The maximum atomic E-state index is 13.0. The standard InChI is InChI=1S/C45H75N3O34/c1-11(54)46-21-14(57)4-45(44(70)71,81-36(21)24(59)15(58)5-49)82-38-27(62)18(8-52)76-43(33(38)68)79-35-23(48-13(3)56)39(69)73-20(28(35)63)10-72-40-22(47-12(2)55)29(64)34(19(9-53)77-40)78-42-32(67)37(26(61)17(7-51)75-42)80-41-31(66)30(65)25(60)16(6-50)74-41/h14-43,49-53,57-69H,4-10H2,1-3H3,(H,46,54)(H,47,55)(H,48,56)(H,70,71)/t14-,15+,16+,17+,18+,19+,20+,21+,22+,23+,24+,25-,26-,27-,28-,29+,30-,31+,32+,33+,34+,35+,36+,37-,38-,39-,40+,41-,42-,43-,45-/m0/s1. The van der Waals surface area contributed by atoms with Crippen LogP contribution in [0.15, 0.2) is 0 Å². The molecule has 31 atom stereocenters. The summed E-state index contributed by atoms with van der Waals surface area (Å²) in [4.78, 5) is 50.1. The van der Waals surface area contributed by atoms with Crippen molar-refractivity contribution in [2.75, 3.05) is 39.6 Å². The molecule has 6 fully saturated rings. The average Bonchev–Trinajstić information content (AvgIpc) is 2.04. The highest BCUT2D eigenvalue weighted by atomic mass is 16.8. The van der Waals surface area contributed by atoms with Gasteiger partial charge in [-0.2, -0.15) is 0 Å². The van der Waals surface area contributed by atoms with Crippen molar-refractivity contribution in [2.45, 2.75) is 217 Å². The highest BCUT2D eigenvalue weighted by Gasteiger charge is 2.61. The van der Waals surface area contributed by atoms with E-state index in [1.165, 1.54) is 0 Å². The number of aliphatic hydroxyl groups excluding tert-OH is 18. The lowest BCUT2D eigenvalue weighted by atomic mass is 9.88.